The van der Waals surface area contributed by atoms with E-state index in [-0.39, 0.29) is 29.7 Å². The van der Waals surface area contributed by atoms with Gasteiger partial charge in [-0.05, 0) is 17.7 Å². The number of hydrogen-bond donors (Lipinski definition) is 1. The normalized spacial score (nSPS) is 10.3. The lowest BCUT2D eigenvalue weighted by molar-refractivity contribution is -0.670. The molecule has 0 unspecified atom stereocenters. The third kappa shape index (κ3) is 3.32. The zero-order valence-corrected chi connectivity index (χ0v) is 14.7. The zero-order valence-electron chi connectivity index (χ0n) is 12.6. The van der Waals surface area contributed by atoms with Crippen molar-refractivity contribution >= 4 is 10.8 Å². The van der Waals surface area contributed by atoms with Gasteiger partial charge in [0.15, 0.2) is 23.9 Å². The maximum atomic E-state index is 10.0. The summed E-state index contributed by atoms with van der Waals surface area (Å²) in [5, 5.41) is 12.1. The van der Waals surface area contributed by atoms with Gasteiger partial charge < -0.3 is 33.8 Å². The summed E-state index contributed by atoms with van der Waals surface area (Å²) in [6, 6.07) is 14.0. The number of phenols is 1. The molecule has 0 saturated carbocycles. The molecule has 0 aliphatic carbocycles. The van der Waals surface area contributed by atoms with Crippen LogP contribution in [0.5, 0.6) is 11.5 Å². The summed E-state index contributed by atoms with van der Waals surface area (Å²) in [6.45, 7) is 0. The lowest BCUT2D eigenvalue weighted by Gasteiger charge is -2.09. The van der Waals surface area contributed by atoms with Gasteiger partial charge in [0.05, 0.1) is 7.11 Å². The van der Waals surface area contributed by atoms with Crippen molar-refractivity contribution in [2.45, 2.75) is 6.42 Å². The Kier molecular flexibility index (Phi) is 5.24. The molecule has 3 rings (SSSR count). The maximum Gasteiger partial charge on any atom is 0.176 e. The lowest BCUT2D eigenvalue weighted by atomic mass is 10.0. The molecule has 0 aliphatic rings. The summed E-state index contributed by atoms with van der Waals surface area (Å²) in [6.07, 6.45) is 4.96. The predicted molar refractivity (Wildman–Crippen MR) is 82.6 cm³/mol. The van der Waals surface area contributed by atoms with Crippen molar-refractivity contribution < 1.29 is 38.4 Å². The molecule has 3 aromatic rings. The number of rotatable bonds is 3. The van der Waals surface area contributed by atoms with Crippen molar-refractivity contribution in [2.24, 2.45) is 7.05 Å². The van der Waals surface area contributed by atoms with Crippen LogP contribution >= 0.6 is 0 Å². The number of aromatic hydroxyl groups is 1. The fraction of sp³-hybridized carbons (Fsp3) is 0.167. The highest BCUT2D eigenvalue weighted by molar-refractivity contribution is 5.87. The van der Waals surface area contributed by atoms with Gasteiger partial charge in [0.2, 0.25) is 0 Å². The Balaban J connectivity index is 0.00000176. The average molecular weight is 407 g/mol. The van der Waals surface area contributed by atoms with E-state index in [4.69, 9.17) is 4.74 Å². The number of pyridine rings is 1. The Labute approximate surface area is 147 Å². The third-order valence-corrected chi connectivity index (χ3v) is 3.64. The highest BCUT2D eigenvalue weighted by Crippen LogP contribution is 2.32. The van der Waals surface area contributed by atoms with Gasteiger partial charge in [-0.15, -0.1) is 0 Å². The summed E-state index contributed by atoms with van der Waals surface area (Å²) in [7, 11) is 3.57. The van der Waals surface area contributed by atoms with E-state index in [1.165, 1.54) is 11.1 Å². The van der Waals surface area contributed by atoms with Crippen molar-refractivity contribution in [1.29, 1.82) is 0 Å². The van der Waals surface area contributed by atoms with Crippen LogP contribution in [-0.4, -0.2) is 12.2 Å². The van der Waals surface area contributed by atoms with Gasteiger partial charge >= 0.3 is 0 Å². The minimum atomic E-state index is 0. The molecule has 1 N–H and O–H groups in total. The van der Waals surface area contributed by atoms with Crippen LogP contribution in [0.2, 0.25) is 0 Å². The summed E-state index contributed by atoms with van der Waals surface area (Å²) in [5.74, 6) is 0.674. The number of fused-ring (bicyclic) bond motifs is 1. The van der Waals surface area contributed by atoms with Crippen molar-refractivity contribution in [3.8, 4) is 11.5 Å². The smallest absolute Gasteiger partial charge is 0.176 e. The second-order valence-electron chi connectivity index (χ2n) is 5.22. The molecule has 2 aromatic carbocycles. The van der Waals surface area contributed by atoms with Crippen LogP contribution in [-0.2, 0) is 13.5 Å². The number of benzene rings is 2. The Bertz CT molecular complexity index is 788. The van der Waals surface area contributed by atoms with Crippen LogP contribution < -0.4 is 33.3 Å². The molecule has 3 nitrogen and oxygen atoms in total. The topological polar surface area (TPSA) is 33.3 Å². The fourth-order valence-corrected chi connectivity index (χ4v) is 2.66. The molecular formula is C18H18INO2. The van der Waals surface area contributed by atoms with Crippen LogP contribution in [0.1, 0.15) is 11.1 Å². The van der Waals surface area contributed by atoms with Crippen LogP contribution in [0.15, 0.2) is 54.9 Å². The molecule has 22 heavy (non-hydrogen) atoms. The summed E-state index contributed by atoms with van der Waals surface area (Å²) < 4.78 is 7.23. The van der Waals surface area contributed by atoms with Crippen LogP contribution in [0.25, 0.3) is 10.8 Å². The van der Waals surface area contributed by atoms with Gasteiger partial charge in [0.1, 0.15) is 7.05 Å². The van der Waals surface area contributed by atoms with E-state index in [1.54, 1.807) is 13.2 Å². The molecule has 1 aromatic heterocycles. The standard InChI is InChI=1S/C18H17NO2.HI/c1-19-11-14(8-13-6-4-3-5-7-13)16-10-17(20)18(21-2)9-15(16)12-19;/h3-7,9-12H,8H2,1-2H3;1H. The number of hydrogen-bond acceptors (Lipinski definition) is 2. The van der Waals surface area contributed by atoms with Gasteiger partial charge in [-0.2, -0.15) is 0 Å². The SMILES string of the molecule is COc1cc2c[n+](C)cc(Cc3ccccc3)c2cc1O.[I-]. The van der Waals surface area contributed by atoms with E-state index in [0.717, 1.165) is 17.2 Å². The van der Waals surface area contributed by atoms with Crippen LogP contribution in [0, 0.1) is 0 Å². The molecule has 0 saturated heterocycles. The Morgan fingerprint density at radius 1 is 1.09 bits per heavy atom. The van der Waals surface area contributed by atoms with E-state index in [1.807, 2.05) is 42.1 Å². The summed E-state index contributed by atoms with van der Waals surface area (Å²) >= 11 is 0. The highest BCUT2D eigenvalue weighted by Gasteiger charge is 2.12. The lowest BCUT2D eigenvalue weighted by Crippen LogP contribution is -3.00. The van der Waals surface area contributed by atoms with Crippen LogP contribution in [0.4, 0.5) is 0 Å². The molecule has 114 valence electrons. The number of ether oxygens (including phenoxy) is 1. The molecule has 0 aliphatic heterocycles. The Hall–Kier alpha value is -1.82. The van der Waals surface area contributed by atoms with E-state index >= 15 is 0 Å². The first-order chi connectivity index (χ1) is 10.2. The van der Waals surface area contributed by atoms with Gasteiger partial charge in [-0.3, -0.25) is 0 Å². The van der Waals surface area contributed by atoms with E-state index in [0.29, 0.717) is 5.75 Å². The number of methoxy groups -OCH3 is 1. The molecule has 0 radical (unpaired) electrons. The first kappa shape index (κ1) is 16.5. The number of phenolic OH excluding ortho intramolecular Hbond substituents is 1. The number of aryl methyl sites for hydroxylation is 1. The number of aromatic nitrogens is 1. The number of halogens is 1. The van der Waals surface area contributed by atoms with E-state index < -0.39 is 0 Å². The quantitative estimate of drug-likeness (QED) is 0.489. The first-order valence-corrected chi connectivity index (χ1v) is 6.90. The predicted octanol–water partition coefficient (Wildman–Crippen LogP) is -0.0267. The fourth-order valence-electron chi connectivity index (χ4n) is 2.66. The first-order valence-electron chi connectivity index (χ1n) is 6.90. The second-order valence-corrected chi connectivity index (χ2v) is 5.22. The second kappa shape index (κ2) is 6.96. The van der Waals surface area contributed by atoms with Gasteiger partial charge in [-0.25, -0.2) is 4.57 Å². The molecule has 0 atom stereocenters. The largest absolute Gasteiger partial charge is 1.00 e. The number of nitrogens with zero attached hydrogens (tertiary/aromatic N) is 1. The van der Waals surface area contributed by atoms with Crippen molar-refractivity contribution in [2.75, 3.05) is 7.11 Å². The maximum absolute atomic E-state index is 10.0. The highest BCUT2D eigenvalue weighted by atomic mass is 127. The zero-order chi connectivity index (χ0) is 14.8. The third-order valence-electron chi connectivity index (χ3n) is 3.64. The van der Waals surface area contributed by atoms with Gasteiger partial charge in [-0.1, -0.05) is 30.3 Å². The molecule has 0 fully saturated rings. The average Bonchev–Trinajstić information content (AvgIpc) is 2.48. The van der Waals surface area contributed by atoms with Crippen LogP contribution in [0.3, 0.4) is 0 Å². The van der Waals surface area contributed by atoms with E-state index in [2.05, 4.69) is 18.3 Å². The van der Waals surface area contributed by atoms with Crippen molar-refractivity contribution in [1.82, 2.24) is 0 Å². The Morgan fingerprint density at radius 3 is 2.50 bits per heavy atom. The Morgan fingerprint density at radius 2 is 1.82 bits per heavy atom. The summed E-state index contributed by atoms with van der Waals surface area (Å²) in [4.78, 5) is 0. The van der Waals surface area contributed by atoms with Gasteiger partial charge in [0, 0.05) is 22.8 Å². The van der Waals surface area contributed by atoms with E-state index in [9.17, 15) is 5.11 Å². The van der Waals surface area contributed by atoms with Crippen molar-refractivity contribution in [3.05, 3.63) is 66.0 Å². The summed E-state index contributed by atoms with van der Waals surface area (Å²) in [5.41, 5.74) is 2.43. The van der Waals surface area contributed by atoms with Gasteiger partial charge in [0.25, 0.3) is 0 Å². The molecule has 0 spiro atoms. The minimum absolute atomic E-state index is 0. The minimum Gasteiger partial charge on any atom is -1.00 e. The van der Waals surface area contributed by atoms with Crippen molar-refractivity contribution in [3.63, 3.8) is 0 Å². The molecular weight excluding hydrogens is 389 g/mol. The molecule has 0 bridgehead atoms. The molecule has 1 heterocycles. The molecule has 0 amide bonds. The monoisotopic (exact) mass is 407 g/mol. The molecule has 4 heteroatoms.